The molecule has 1 unspecified atom stereocenters. The number of carbonyl (C=O) groups excluding carboxylic acids is 1. The Morgan fingerprint density at radius 1 is 1.44 bits per heavy atom. The molecule has 1 heterocycles. The summed E-state index contributed by atoms with van der Waals surface area (Å²) < 4.78 is 5.61. The molecule has 1 aromatic rings. The number of rotatable bonds is 2. The zero-order valence-corrected chi connectivity index (χ0v) is 11.1. The van der Waals surface area contributed by atoms with Crippen molar-refractivity contribution in [3.63, 3.8) is 0 Å². The summed E-state index contributed by atoms with van der Waals surface area (Å²) in [6.07, 6.45) is 0.832. The standard InChI is InChI=1S/C14H20N2O2/c1-10(2)15-14(17)16(3)12-8-9-18-13-7-5-4-6-11(12)13/h4-7,10,12H,8-9H2,1-3H3,(H,15,17). The lowest BCUT2D eigenvalue weighted by Crippen LogP contribution is -2.43. The summed E-state index contributed by atoms with van der Waals surface area (Å²) in [5.41, 5.74) is 1.09. The third-order valence-corrected chi connectivity index (χ3v) is 3.13. The van der Waals surface area contributed by atoms with E-state index in [0.29, 0.717) is 6.61 Å². The number of hydrogen-bond donors (Lipinski definition) is 1. The molecule has 1 aromatic carbocycles. The monoisotopic (exact) mass is 248 g/mol. The van der Waals surface area contributed by atoms with Crippen LogP contribution in [0.15, 0.2) is 24.3 Å². The number of nitrogens with zero attached hydrogens (tertiary/aromatic N) is 1. The Labute approximate surface area is 108 Å². The van der Waals surface area contributed by atoms with Crippen LogP contribution in [-0.2, 0) is 0 Å². The van der Waals surface area contributed by atoms with Gasteiger partial charge in [-0.2, -0.15) is 0 Å². The molecule has 0 radical (unpaired) electrons. The summed E-state index contributed by atoms with van der Waals surface area (Å²) in [6.45, 7) is 4.58. The maximum atomic E-state index is 12.0. The van der Waals surface area contributed by atoms with Gasteiger partial charge < -0.3 is 15.0 Å². The first kappa shape index (κ1) is 12.7. The molecule has 0 fully saturated rings. The summed E-state index contributed by atoms with van der Waals surface area (Å²) in [5.74, 6) is 0.887. The van der Waals surface area contributed by atoms with Gasteiger partial charge in [0.2, 0.25) is 0 Å². The van der Waals surface area contributed by atoms with E-state index in [1.165, 1.54) is 0 Å². The van der Waals surface area contributed by atoms with Crippen LogP contribution in [-0.4, -0.2) is 30.6 Å². The predicted octanol–water partition coefficient (Wildman–Crippen LogP) is 2.56. The van der Waals surface area contributed by atoms with E-state index >= 15 is 0 Å². The first-order chi connectivity index (χ1) is 8.59. The van der Waals surface area contributed by atoms with Crippen LogP contribution < -0.4 is 10.1 Å². The van der Waals surface area contributed by atoms with Crippen LogP contribution in [0, 0.1) is 0 Å². The third-order valence-electron chi connectivity index (χ3n) is 3.13. The Bertz CT molecular complexity index is 432. The molecule has 0 spiro atoms. The zero-order valence-electron chi connectivity index (χ0n) is 11.1. The highest BCUT2D eigenvalue weighted by molar-refractivity contribution is 5.75. The highest BCUT2D eigenvalue weighted by atomic mass is 16.5. The molecule has 1 N–H and O–H groups in total. The van der Waals surface area contributed by atoms with Gasteiger partial charge in [0.05, 0.1) is 12.6 Å². The van der Waals surface area contributed by atoms with Crippen LogP contribution >= 0.6 is 0 Å². The minimum absolute atomic E-state index is 0.0355. The second-order valence-electron chi connectivity index (χ2n) is 4.91. The van der Waals surface area contributed by atoms with Crippen molar-refractivity contribution >= 4 is 6.03 Å². The lowest BCUT2D eigenvalue weighted by molar-refractivity contribution is 0.160. The fourth-order valence-electron chi connectivity index (χ4n) is 2.22. The Hall–Kier alpha value is -1.71. The molecule has 4 heteroatoms. The number of ether oxygens (including phenoxy) is 1. The summed E-state index contributed by atoms with van der Waals surface area (Å²) in [5, 5.41) is 2.92. The van der Waals surface area contributed by atoms with Crippen molar-refractivity contribution < 1.29 is 9.53 Å². The second-order valence-corrected chi connectivity index (χ2v) is 4.91. The van der Waals surface area contributed by atoms with Gasteiger partial charge in [-0.3, -0.25) is 0 Å². The highest BCUT2D eigenvalue weighted by Gasteiger charge is 2.27. The van der Waals surface area contributed by atoms with E-state index in [4.69, 9.17) is 4.74 Å². The van der Waals surface area contributed by atoms with E-state index in [9.17, 15) is 4.79 Å². The van der Waals surface area contributed by atoms with Gasteiger partial charge in [-0.1, -0.05) is 18.2 Å². The average molecular weight is 248 g/mol. The Kier molecular flexibility index (Phi) is 3.75. The number of nitrogens with one attached hydrogen (secondary N) is 1. The van der Waals surface area contributed by atoms with Crippen molar-refractivity contribution in [2.75, 3.05) is 13.7 Å². The fraction of sp³-hybridized carbons (Fsp3) is 0.500. The number of amides is 2. The van der Waals surface area contributed by atoms with Gasteiger partial charge in [0.25, 0.3) is 0 Å². The molecule has 1 atom stereocenters. The van der Waals surface area contributed by atoms with Gasteiger partial charge in [-0.05, 0) is 19.9 Å². The molecule has 18 heavy (non-hydrogen) atoms. The van der Waals surface area contributed by atoms with Crippen LogP contribution in [0.3, 0.4) is 0 Å². The molecular formula is C14H20N2O2. The summed E-state index contributed by atoms with van der Waals surface area (Å²) in [4.78, 5) is 13.8. The summed E-state index contributed by atoms with van der Waals surface area (Å²) in [6, 6.07) is 8.12. The maximum absolute atomic E-state index is 12.0. The second kappa shape index (κ2) is 5.29. The molecule has 0 aliphatic carbocycles. The summed E-state index contributed by atoms with van der Waals surface area (Å²) >= 11 is 0. The molecule has 2 amide bonds. The number of carbonyl (C=O) groups is 1. The van der Waals surface area contributed by atoms with E-state index in [1.54, 1.807) is 4.90 Å². The smallest absolute Gasteiger partial charge is 0.317 e. The topological polar surface area (TPSA) is 41.6 Å². The van der Waals surface area contributed by atoms with Crippen molar-refractivity contribution in [1.82, 2.24) is 10.2 Å². The van der Waals surface area contributed by atoms with Gasteiger partial charge in [-0.25, -0.2) is 4.79 Å². The van der Waals surface area contributed by atoms with Crippen molar-refractivity contribution in [3.8, 4) is 5.75 Å². The fourth-order valence-corrected chi connectivity index (χ4v) is 2.22. The molecule has 98 valence electrons. The molecule has 0 aromatic heterocycles. The van der Waals surface area contributed by atoms with Gasteiger partial charge in [-0.15, -0.1) is 0 Å². The number of para-hydroxylation sites is 1. The largest absolute Gasteiger partial charge is 0.493 e. The quantitative estimate of drug-likeness (QED) is 0.874. The Morgan fingerprint density at radius 2 is 2.17 bits per heavy atom. The normalized spacial score (nSPS) is 17.9. The molecule has 0 saturated carbocycles. The predicted molar refractivity (Wildman–Crippen MR) is 70.7 cm³/mol. The van der Waals surface area contributed by atoms with E-state index in [2.05, 4.69) is 5.32 Å². The zero-order chi connectivity index (χ0) is 13.1. The molecule has 1 aliphatic rings. The van der Waals surface area contributed by atoms with Crippen molar-refractivity contribution in [3.05, 3.63) is 29.8 Å². The van der Waals surface area contributed by atoms with E-state index < -0.39 is 0 Å². The number of benzene rings is 1. The maximum Gasteiger partial charge on any atom is 0.317 e. The molecular weight excluding hydrogens is 228 g/mol. The van der Waals surface area contributed by atoms with Gasteiger partial charge in [0.15, 0.2) is 0 Å². The van der Waals surface area contributed by atoms with Gasteiger partial charge >= 0.3 is 6.03 Å². The van der Waals surface area contributed by atoms with E-state index in [0.717, 1.165) is 17.7 Å². The van der Waals surface area contributed by atoms with E-state index in [-0.39, 0.29) is 18.1 Å². The van der Waals surface area contributed by atoms with Gasteiger partial charge in [0.1, 0.15) is 5.75 Å². The van der Waals surface area contributed by atoms with Crippen LogP contribution in [0.2, 0.25) is 0 Å². The number of hydrogen-bond acceptors (Lipinski definition) is 2. The van der Waals surface area contributed by atoms with Crippen LogP contribution in [0.1, 0.15) is 31.9 Å². The average Bonchev–Trinajstić information content (AvgIpc) is 2.36. The Morgan fingerprint density at radius 3 is 2.89 bits per heavy atom. The van der Waals surface area contributed by atoms with Crippen LogP contribution in [0.5, 0.6) is 5.75 Å². The van der Waals surface area contributed by atoms with E-state index in [1.807, 2.05) is 45.2 Å². The third kappa shape index (κ3) is 2.58. The molecule has 0 bridgehead atoms. The molecule has 2 rings (SSSR count). The minimum atomic E-state index is -0.0355. The minimum Gasteiger partial charge on any atom is -0.493 e. The molecule has 1 aliphatic heterocycles. The van der Waals surface area contributed by atoms with Crippen LogP contribution in [0.4, 0.5) is 4.79 Å². The van der Waals surface area contributed by atoms with Gasteiger partial charge in [0, 0.05) is 25.1 Å². The lowest BCUT2D eigenvalue weighted by atomic mass is 9.99. The summed E-state index contributed by atoms with van der Waals surface area (Å²) in [7, 11) is 1.84. The lowest BCUT2D eigenvalue weighted by Gasteiger charge is -2.33. The molecule has 0 saturated heterocycles. The van der Waals surface area contributed by atoms with Crippen molar-refractivity contribution in [2.45, 2.75) is 32.4 Å². The first-order valence-electron chi connectivity index (χ1n) is 6.34. The van der Waals surface area contributed by atoms with Crippen molar-refractivity contribution in [2.24, 2.45) is 0 Å². The number of fused-ring (bicyclic) bond motifs is 1. The number of urea groups is 1. The SMILES string of the molecule is CC(C)NC(=O)N(C)C1CCOc2ccccc21. The first-order valence-corrected chi connectivity index (χ1v) is 6.34. The van der Waals surface area contributed by atoms with Crippen molar-refractivity contribution in [1.29, 1.82) is 0 Å². The van der Waals surface area contributed by atoms with Crippen LogP contribution in [0.25, 0.3) is 0 Å². The highest BCUT2D eigenvalue weighted by Crippen LogP contribution is 2.34. The molecule has 4 nitrogen and oxygen atoms in total. The Balaban J connectivity index is 2.17.